The fourth-order valence-corrected chi connectivity index (χ4v) is 4.71. The van der Waals surface area contributed by atoms with E-state index in [1.807, 2.05) is 30.3 Å². The first-order chi connectivity index (χ1) is 26.3. The summed E-state index contributed by atoms with van der Waals surface area (Å²) >= 11 is 17.3. The van der Waals surface area contributed by atoms with Crippen molar-refractivity contribution in [2.75, 3.05) is 35.6 Å². The number of urea groups is 3. The summed E-state index contributed by atoms with van der Waals surface area (Å²) < 4.78 is 4.71. The SMILES string of the molecule is CCCCCNC(=O)Nc1cc(Cl)ccc1O.CCOC(=O)CCNC(=O)Nc1cc(Cl)ccc1O.O=C(NCc1ccccc1)Nc1cc(Cl)ccc1O. The van der Waals surface area contributed by atoms with Crippen LogP contribution in [-0.4, -0.2) is 59.1 Å². The summed E-state index contributed by atoms with van der Waals surface area (Å²) in [6, 6.07) is 21.5. The second kappa shape index (κ2) is 25.4. The zero-order chi connectivity index (χ0) is 40.6. The van der Waals surface area contributed by atoms with Gasteiger partial charge in [0.25, 0.3) is 0 Å². The lowest BCUT2D eigenvalue weighted by atomic mass is 10.2. The van der Waals surface area contributed by atoms with Crippen molar-refractivity contribution in [3.8, 4) is 17.2 Å². The molecule has 4 aromatic carbocycles. The van der Waals surface area contributed by atoms with Gasteiger partial charge in [-0.2, -0.15) is 0 Å². The molecular formula is C38H45Cl3N6O8. The van der Waals surface area contributed by atoms with Gasteiger partial charge in [-0.3, -0.25) is 4.79 Å². The minimum atomic E-state index is -0.540. The zero-order valence-corrected chi connectivity index (χ0v) is 32.5. The Morgan fingerprint density at radius 3 is 1.45 bits per heavy atom. The highest BCUT2D eigenvalue weighted by Gasteiger charge is 2.09. The van der Waals surface area contributed by atoms with E-state index in [-0.39, 0.29) is 53.6 Å². The molecule has 9 N–H and O–H groups in total. The molecule has 0 spiro atoms. The maximum Gasteiger partial charge on any atom is 0.319 e. The summed E-state index contributed by atoms with van der Waals surface area (Å²) in [6.45, 7) is 5.30. The Balaban J connectivity index is 0.000000286. The molecule has 4 rings (SSSR count). The van der Waals surface area contributed by atoms with E-state index in [2.05, 4.69) is 38.8 Å². The number of amides is 6. The van der Waals surface area contributed by atoms with Crippen LogP contribution in [0.2, 0.25) is 15.1 Å². The number of phenolic OH excluding ortho intramolecular Hbond substituents is 3. The Labute approximate surface area is 334 Å². The van der Waals surface area contributed by atoms with E-state index in [9.17, 15) is 34.5 Å². The highest BCUT2D eigenvalue weighted by Crippen LogP contribution is 2.28. The van der Waals surface area contributed by atoms with Gasteiger partial charge in [-0.15, -0.1) is 0 Å². The predicted octanol–water partition coefficient (Wildman–Crippen LogP) is 8.84. The highest BCUT2D eigenvalue weighted by atomic mass is 35.5. The number of benzene rings is 4. The molecule has 0 aliphatic heterocycles. The summed E-state index contributed by atoms with van der Waals surface area (Å²) in [7, 11) is 0. The largest absolute Gasteiger partial charge is 0.506 e. The van der Waals surface area contributed by atoms with E-state index in [0.717, 1.165) is 24.8 Å². The van der Waals surface area contributed by atoms with Crippen LogP contribution in [0.3, 0.4) is 0 Å². The molecule has 6 amide bonds. The number of aromatic hydroxyl groups is 3. The summed E-state index contributed by atoms with van der Waals surface area (Å²) in [4.78, 5) is 45.7. The van der Waals surface area contributed by atoms with Crippen LogP contribution in [-0.2, 0) is 16.1 Å². The van der Waals surface area contributed by atoms with Crippen molar-refractivity contribution in [2.24, 2.45) is 0 Å². The third-order valence-electron chi connectivity index (χ3n) is 6.90. The van der Waals surface area contributed by atoms with E-state index < -0.39 is 12.1 Å². The molecule has 17 heteroatoms. The van der Waals surface area contributed by atoms with E-state index >= 15 is 0 Å². The molecule has 55 heavy (non-hydrogen) atoms. The number of rotatable bonds is 13. The number of anilines is 3. The van der Waals surface area contributed by atoms with E-state index in [1.54, 1.807) is 19.1 Å². The smallest absolute Gasteiger partial charge is 0.319 e. The van der Waals surface area contributed by atoms with Crippen LogP contribution in [0.4, 0.5) is 31.4 Å². The van der Waals surface area contributed by atoms with Crippen molar-refractivity contribution in [3.63, 3.8) is 0 Å². The van der Waals surface area contributed by atoms with Crippen LogP contribution in [0.15, 0.2) is 84.9 Å². The zero-order valence-electron chi connectivity index (χ0n) is 30.3. The van der Waals surface area contributed by atoms with Crippen molar-refractivity contribution in [3.05, 3.63) is 106 Å². The van der Waals surface area contributed by atoms with Crippen molar-refractivity contribution >= 4 is 75.9 Å². The van der Waals surface area contributed by atoms with E-state index in [1.165, 1.54) is 42.5 Å². The van der Waals surface area contributed by atoms with E-state index in [4.69, 9.17) is 39.5 Å². The third-order valence-corrected chi connectivity index (χ3v) is 7.61. The second-order valence-corrected chi connectivity index (χ2v) is 12.6. The van der Waals surface area contributed by atoms with Crippen LogP contribution >= 0.6 is 34.8 Å². The Morgan fingerprint density at radius 1 is 0.582 bits per heavy atom. The van der Waals surface area contributed by atoms with Gasteiger partial charge in [0, 0.05) is 34.7 Å². The molecule has 4 aromatic rings. The number of ether oxygens (including phenoxy) is 1. The lowest BCUT2D eigenvalue weighted by molar-refractivity contribution is -0.142. The van der Waals surface area contributed by atoms with Gasteiger partial charge in [-0.1, -0.05) is 84.9 Å². The van der Waals surface area contributed by atoms with Gasteiger partial charge in [0.1, 0.15) is 17.2 Å². The van der Waals surface area contributed by atoms with Gasteiger partial charge in [0.05, 0.1) is 30.1 Å². The summed E-state index contributed by atoms with van der Waals surface area (Å²) in [6.07, 6.45) is 3.23. The molecular weight excluding hydrogens is 775 g/mol. The summed E-state index contributed by atoms with van der Waals surface area (Å²) in [5, 5.41) is 45.2. The second-order valence-electron chi connectivity index (χ2n) is 11.3. The maximum absolute atomic E-state index is 11.7. The minimum absolute atomic E-state index is 0.00175. The highest BCUT2D eigenvalue weighted by molar-refractivity contribution is 6.31. The topological polar surface area (TPSA) is 210 Å². The number of carbonyl (C=O) groups is 4. The van der Waals surface area contributed by atoms with Crippen molar-refractivity contribution in [1.82, 2.24) is 16.0 Å². The average molecular weight is 820 g/mol. The van der Waals surface area contributed by atoms with Crippen LogP contribution in [0.25, 0.3) is 0 Å². The Morgan fingerprint density at radius 2 is 1.02 bits per heavy atom. The lowest BCUT2D eigenvalue weighted by Crippen LogP contribution is -2.30. The maximum atomic E-state index is 11.7. The minimum Gasteiger partial charge on any atom is -0.506 e. The van der Waals surface area contributed by atoms with Crippen LogP contribution in [0.5, 0.6) is 17.2 Å². The van der Waals surface area contributed by atoms with Crippen molar-refractivity contribution < 1.29 is 39.2 Å². The summed E-state index contributed by atoms with van der Waals surface area (Å²) in [5.41, 5.74) is 1.78. The number of carbonyl (C=O) groups excluding carboxylic acids is 4. The Kier molecular flexibility index (Phi) is 21.1. The van der Waals surface area contributed by atoms with Crippen molar-refractivity contribution in [1.29, 1.82) is 0 Å². The van der Waals surface area contributed by atoms with Crippen LogP contribution in [0.1, 0.15) is 45.1 Å². The van der Waals surface area contributed by atoms with Crippen molar-refractivity contribution in [2.45, 2.75) is 46.1 Å². The number of hydrogen-bond acceptors (Lipinski definition) is 8. The Bertz CT molecular complexity index is 1840. The summed E-state index contributed by atoms with van der Waals surface area (Å²) in [5.74, 6) is -0.504. The molecule has 0 aliphatic carbocycles. The molecule has 0 unspecified atom stereocenters. The number of phenols is 3. The number of esters is 1. The van der Waals surface area contributed by atoms with E-state index in [0.29, 0.717) is 40.5 Å². The molecule has 0 bridgehead atoms. The first-order valence-corrected chi connectivity index (χ1v) is 18.2. The quantitative estimate of drug-likeness (QED) is 0.0361. The monoisotopic (exact) mass is 818 g/mol. The molecule has 0 aliphatic rings. The molecule has 0 saturated carbocycles. The fraction of sp³-hybridized carbons (Fsp3) is 0.263. The van der Waals surface area contributed by atoms with Gasteiger partial charge in [-0.25, -0.2) is 14.4 Å². The number of hydrogen-bond donors (Lipinski definition) is 9. The molecule has 14 nitrogen and oxygen atoms in total. The standard InChI is InChI=1S/C14H13ClN2O2.C12H15ClN2O4.C12H17ClN2O2/c15-11-6-7-13(18)12(8-11)17-14(19)16-9-10-4-2-1-3-5-10;1-2-19-11(17)5-6-14-12(18)15-9-7-8(13)3-4-10(9)16;1-2-3-4-7-14-12(17)15-10-8-9(13)5-6-11(10)16/h1-8,18H,9H2,(H2,16,17,19);3-4,7,16H,2,5-6H2,1H3,(H2,14,15,18);5-6,8,16H,2-4,7H2,1H3,(H2,14,15,17). The molecule has 0 fully saturated rings. The molecule has 0 radical (unpaired) electrons. The van der Waals surface area contributed by atoms with Gasteiger partial charge in [0.2, 0.25) is 0 Å². The third kappa shape index (κ3) is 19.4. The number of unbranched alkanes of at least 4 members (excludes halogenated alkanes) is 2. The van der Waals surface area contributed by atoms with Crippen LogP contribution < -0.4 is 31.9 Å². The molecule has 0 heterocycles. The Hall–Kier alpha value is -5.57. The number of nitrogens with one attached hydrogen (secondary N) is 6. The lowest BCUT2D eigenvalue weighted by Gasteiger charge is -2.09. The first-order valence-electron chi connectivity index (χ1n) is 17.1. The molecule has 296 valence electrons. The predicted molar refractivity (Wildman–Crippen MR) is 216 cm³/mol. The molecule has 0 aromatic heterocycles. The number of halogens is 3. The average Bonchev–Trinajstić information content (AvgIpc) is 3.15. The fourth-order valence-electron chi connectivity index (χ4n) is 4.19. The normalized spacial score (nSPS) is 9.91. The molecule has 0 saturated heterocycles. The van der Waals surface area contributed by atoms with Crippen LogP contribution in [0, 0.1) is 0 Å². The first kappa shape index (κ1) is 45.6. The van der Waals surface area contributed by atoms with Gasteiger partial charge < -0.3 is 52.0 Å². The van der Waals surface area contributed by atoms with Gasteiger partial charge in [0.15, 0.2) is 0 Å². The molecule has 0 atom stereocenters. The van der Waals surface area contributed by atoms with Gasteiger partial charge >= 0.3 is 24.1 Å². The van der Waals surface area contributed by atoms with Gasteiger partial charge in [-0.05, 0) is 73.5 Å².